The molecule has 0 radical (unpaired) electrons. The highest BCUT2D eigenvalue weighted by Crippen LogP contribution is 1.98. The monoisotopic (exact) mass is 207 g/mol. The van der Waals surface area contributed by atoms with E-state index in [4.69, 9.17) is 16.3 Å². The summed E-state index contributed by atoms with van der Waals surface area (Å²) in [5, 5.41) is 2.85. The number of halogens is 1. The van der Waals surface area contributed by atoms with Gasteiger partial charge in [-0.25, -0.2) is 0 Å². The second-order valence-electron chi connectivity index (χ2n) is 2.79. The Morgan fingerprint density at radius 2 is 2.23 bits per heavy atom. The van der Waals surface area contributed by atoms with Crippen molar-refractivity contribution in [3.63, 3.8) is 0 Å². The van der Waals surface area contributed by atoms with Gasteiger partial charge in [0.2, 0.25) is 5.91 Å². The van der Waals surface area contributed by atoms with Crippen LogP contribution in [0.5, 0.6) is 0 Å². The van der Waals surface area contributed by atoms with E-state index in [-0.39, 0.29) is 18.6 Å². The molecular formula is C9H18ClNO2. The van der Waals surface area contributed by atoms with Gasteiger partial charge in [-0.1, -0.05) is 6.92 Å². The van der Waals surface area contributed by atoms with Crippen LogP contribution in [0.4, 0.5) is 0 Å². The normalized spacial score (nSPS) is 12.5. The highest BCUT2D eigenvalue weighted by Gasteiger charge is 2.08. The number of rotatable bonds is 7. The highest BCUT2D eigenvalue weighted by atomic mass is 35.5. The molecule has 0 aliphatic heterocycles. The molecule has 0 aliphatic carbocycles. The van der Waals surface area contributed by atoms with Crippen molar-refractivity contribution in [2.75, 3.05) is 19.1 Å². The van der Waals surface area contributed by atoms with Gasteiger partial charge in [-0.3, -0.25) is 4.79 Å². The van der Waals surface area contributed by atoms with E-state index in [9.17, 15) is 4.79 Å². The molecule has 1 unspecified atom stereocenters. The number of carbonyl (C=O) groups is 1. The Balaban J connectivity index is 3.60. The van der Waals surface area contributed by atoms with Gasteiger partial charge in [-0.15, -0.1) is 11.6 Å². The zero-order valence-corrected chi connectivity index (χ0v) is 9.06. The molecule has 13 heavy (non-hydrogen) atoms. The van der Waals surface area contributed by atoms with E-state index in [0.717, 1.165) is 12.8 Å². The first-order chi connectivity index (χ1) is 6.24. The van der Waals surface area contributed by atoms with Crippen LogP contribution in [0.15, 0.2) is 0 Å². The molecule has 1 atom stereocenters. The third-order valence-electron chi connectivity index (χ3n) is 1.75. The van der Waals surface area contributed by atoms with Gasteiger partial charge in [-0.05, 0) is 19.8 Å². The first-order valence-electron chi connectivity index (χ1n) is 4.67. The summed E-state index contributed by atoms with van der Waals surface area (Å²) in [6.07, 6.45) is 1.72. The maximum atomic E-state index is 11.2. The molecule has 1 amide bonds. The maximum Gasteiger partial charge on any atom is 0.246 e. The average molecular weight is 208 g/mol. The van der Waals surface area contributed by atoms with E-state index in [1.165, 1.54) is 0 Å². The Bertz CT molecular complexity index is 142. The molecule has 0 bridgehead atoms. The van der Waals surface area contributed by atoms with Gasteiger partial charge in [0.15, 0.2) is 0 Å². The predicted octanol–water partition coefficient (Wildman–Crippen LogP) is 1.55. The SMILES string of the molecule is CCOCC(=O)NC(CC)CCCl. The van der Waals surface area contributed by atoms with E-state index >= 15 is 0 Å². The molecule has 0 aromatic heterocycles. The second-order valence-corrected chi connectivity index (χ2v) is 3.17. The fourth-order valence-corrected chi connectivity index (χ4v) is 1.24. The van der Waals surface area contributed by atoms with Crippen LogP contribution in [0, 0.1) is 0 Å². The molecule has 0 aromatic carbocycles. The van der Waals surface area contributed by atoms with Gasteiger partial charge in [0.05, 0.1) is 0 Å². The van der Waals surface area contributed by atoms with Gasteiger partial charge in [0.1, 0.15) is 6.61 Å². The summed E-state index contributed by atoms with van der Waals surface area (Å²) in [5.41, 5.74) is 0. The molecule has 0 aromatic rings. The van der Waals surface area contributed by atoms with Crippen molar-refractivity contribution in [2.24, 2.45) is 0 Å². The minimum absolute atomic E-state index is 0.0567. The van der Waals surface area contributed by atoms with Crippen LogP contribution in [0.2, 0.25) is 0 Å². The van der Waals surface area contributed by atoms with Crippen LogP contribution in [0.25, 0.3) is 0 Å². The van der Waals surface area contributed by atoms with Crippen molar-refractivity contribution in [3.8, 4) is 0 Å². The molecule has 3 nitrogen and oxygen atoms in total. The standard InChI is InChI=1S/C9H18ClNO2/c1-3-8(5-6-10)11-9(12)7-13-4-2/h8H,3-7H2,1-2H3,(H,11,12). The lowest BCUT2D eigenvalue weighted by atomic mass is 10.2. The molecule has 0 saturated heterocycles. The Kier molecular flexibility index (Phi) is 8.14. The van der Waals surface area contributed by atoms with E-state index in [2.05, 4.69) is 5.32 Å². The van der Waals surface area contributed by atoms with Gasteiger partial charge >= 0.3 is 0 Å². The second kappa shape index (κ2) is 8.32. The lowest BCUT2D eigenvalue weighted by molar-refractivity contribution is -0.126. The zero-order valence-electron chi connectivity index (χ0n) is 8.31. The molecule has 1 N–H and O–H groups in total. The lowest BCUT2D eigenvalue weighted by Crippen LogP contribution is -2.37. The molecule has 0 rings (SSSR count). The summed E-state index contributed by atoms with van der Waals surface area (Å²) >= 11 is 5.58. The quantitative estimate of drug-likeness (QED) is 0.644. The number of carbonyl (C=O) groups excluding carboxylic acids is 1. The zero-order chi connectivity index (χ0) is 10.1. The largest absolute Gasteiger partial charge is 0.372 e. The summed E-state index contributed by atoms with van der Waals surface area (Å²) in [6, 6.07) is 0.186. The van der Waals surface area contributed by atoms with Crippen LogP contribution in [0.3, 0.4) is 0 Å². The Labute approximate surface area is 84.8 Å². The molecule has 0 spiro atoms. The Hall–Kier alpha value is -0.280. The average Bonchev–Trinajstić information content (AvgIpc) is 2.14. The molecule has 0 heterocycles. The minimum Gasteiger partial charge on any atom is -0.372 e. The van der Waals surface area contributed by atoms with E-state index in [1.807, 2.05) is 13.8 Å². The van der Waals surface area contributed by atoms with Crippen molar-refractivity contribution in [1.29, 1.82) is 0 Å². The molecular weight excluding hydrogens is 190 g/mol. The van der Waals surface area contributed by atoms with Crippen molar-refractivity contribution in [1.82, 2.24) is 5.32 Å². The number of hydrogen-bond donors (Lipinski definition) is 1. The van der Waals surface area contributed by atoms with Gasteiger partial charge in [0.25, 0.3) is 0 Å². The van der Waals surface area contributed by atoms with Gasteiger partial charge < -0.3 is 10.1 Å². The third kappa shape index (κ3) is 6.84. The Morgan fingerprint density at radius 1 is 1.54 bits per heavy atom. The van der Waals surface area contributed by atoms with Gasteiger partial charge in [0, 0.05) is 18.5 Å². The van der Waals surface area contributed by atoms with E-state index in [1.54, 1.807) is 0 Å². The van der Waals surface area contributed by atoms with Gasteiger partial charge in [-0.2, -0.15) is 0 Å². The fourth-order valence-electron chi connectivity index (χ4n) is 0.974. The van der Waals surface area contributed by atoms with E-state index in [0.29, 0.717) is 12.5 Å². The van der Waals surface area contributed by atoms with Crippen LogP contribution < -0.4 is 5.32 Å². The molecule has 4 heteroatoms. The van der Waals surface area contributed by atoms with Crippen molar-refractivity contribution in [2.45, 2.75) is 32.7 Å². The number of alkyl halides is 1. The first kappa shape index (κ1) is 12.7. The maximum absolute atomic E-state index is 11.2. The van der Waals surface area contributed by atoms with Crippen LogP contribution in [-0.4, -0.2) is 31.0 Å². The third-order valence-corrected chi connectivity index (χ3v) is 1.97. The summed E-state index contributed by atoms with van der Waals surface area (Å²) in [4.78, 5) is 11.2. The number of nitrogens with one attached hydrogen (secondary N) is 1. The van der Waals surface area contributed by atoms with Crippen LogP contribution in [-0.2, 0) is 9.53 Å². The van der Waals surface area contributed by atoms with Crippen molar-refractivity contribution in [3.05, 3.63) is 0 Å². The topological polar surface area (TPSA) is 38.3 Å². The summed E-state index contributed by atoms with van der Waals surface area (Å²) < 4.78 is 4.97. The summed E-state index contributed by atoms with van der Waals surface area (Å²) in [5.74, 6) is 0.520. The van der Waals surface area contributed by atoms with E-state index < -0.39 is 0 Å². The number of amides is 1. The molecule has 0 fully saturated rings. The molecule has 0 aliphatic rings. The van der Waals surface area contributed by atoms with Crippen molar-refractivity contribution < 1.29 is 9.53 Å². The first-order valence-corrected chi connectivity index (χ1v) is 5.21. The minimum atomic E-state index is -0.0567. The summed E-state index contributed by atoms with van der Waals surface area (Å²) in [6.45, 7) is 4.61. The van der Waals surface area contributed by atoms with Crippen LogP contribution in [0.1, 0.15) is 26.7 Å². The smallest absolute Gasteiger partial charge is 0.246 e. The highest BCUT2D eigenvalue weighted by molar-refractivity contribution is 6.17. The van der Waals surface area contributed by atoms with Crippen LogP contribution >= 0.6 is 11.6 Å². The lowest BCUT2D eigenvalue weighted by Gasteiger charge is -2.15. The van der Waals surface area contributed by atoms with Crippen molar-refractivity contribution >= 4 is 17.5 Å². The summed E-state index contributed by atoms with van der Waals surface area (Å²) in [7, 11) is 0. The predicted molar refractivity (Wildman–Crippen MR) is 54.1 cm³/mol. The molecule has 0 saturated carbocycles. The number of hydrogen-bond acceptors (Lipinski definition) is 2. The fraction of sp³-hybridized carbons (Fsp3) is 0.889. The Morgan fingerprint density at radius 3 is 2.69 bits per heavy atom. The molecule has 78 valence electrons. The number of ether oxygens (including phenoxy) is 1.